The maximum absolute atomic E-state index is 12.7. The standard InChI is InChI=1S/C41H80O12S/c1-3-5-7-9-11-13-15-17-19-21-23-25-27-29-31-49-33-35(34-50-54(47,48)53-41-40(46)39(45)38(44)36(32-42)52-41)51-37(43)30-28-26-24-22-20-18-16-14-12-10-8-6-4-2/h35-36,38-42,44-46H,3-34H2,1-2H3/t35?,36-,38+,39+,40-,41+/m0/s1. The highest BCUT2D eigenvalue weighted by Gasteiger charge is 2.46. The highest BCUT2D eigenvalue weighted by atomic mass is 32.3. The van der Waals surface area contributed by atoms with Gasteiger partial charge in [-0.3, -0.25) is 4.79 Å². The summed E-state index contributed by atoms with van der Waals surface area (Å²) in [6.45, 7) is 3.50. The number of carbonyl (C=O) groups is 1. The topological polar surface area (TPSA) is 178 Å². The summed E-state index contributed by atoms with van der Waals surface area (Å²) in [5, 5.41) is 39.4. The van der Waals surface area contributed by atoms with Crippen molar-refractivity contribution in [2.75, 3.05) is 26.4 Å². The second-order valence-corrected chi connectivity index (χ2v) is 16.5. The van der Waals surface area contributed by atoms with Gasteiger partial charge in [-0.25, -0.2) is 8.37 Å². The van der Waals surface area contributed by atoms with Crippen molar-refractivity contribution in [2.45, 2.75) is 230 Å². The number of rotatable bonds is 38. The van der Waals surface area contributed by atoms with Gasteiger partial charge in [0.2, 0.25) is 6.29 Å². The molecule has 1 heterocycles. The monoisotopic (exact) mass is 797 g/mol. The Balaban J connectivity index is 2.40. The molecule has 0 aromatic heterocycles. The van der Waals surface area contributed by atoms with Gasteiger partial charge < -0.3 is 34.6 Å². The highest BCUT2D eigenvalue weighted by Crippen LogP contribution is 2.24. The van der Waals surface area contributed by atoms with Crippen LogP contribution in [0.5, 0.6) is 0 Å². The fraction of sp³-hybridized carbons (Fsp3) is 0.976. The summed E-state index contributed by atoms with van der Waals surface area (Å²) in [6.07, 6.45) is 23.3. The summed E-state index contributed by atoms with van der Waals surface area (Å²) in [6, 6.07) is 0. The number of carbonyl (C=O) groups excluding carboxylic acids is 1. The van der Waals surface area contributed by atoms with Crippen molar-refractivity contribution >= 4 is 16.4 Å². The summed E-state index contributed by atoms with van der Waals surface area (Å²) in [5.74, 6) is -0.473. The number of aliphatic hydroxyl groups excluding tert-OH is 4. The molecule has 0 amide bonds. The van der Waals surface area contributed by atoms with Crippen LogP contribution in [0.15, 0.2) is 0 Å². The molecule has 12 nitrogen and oxygen atoms in total. The molecule has 0 aliphatic carbocycles. The highest BCUT2D eigenvalue weighted by molar-refractivity contribution is 7.81. The Labute approximate surface area is 328 Å². The van der Waals surface area contributed by atoms with Crippen LogP contribution in [0.4, 0.5) is 0 Å². The van der Waals surface area contributed by atoms with Gasteiger partial charge in [0.15, 0.2) is 0 Å². The Morgan fingerprint density at radius 3 is 1.46 bits per heavy atom. The van der Waals surface area contributed by atoms with Crippen LogP contribution in [0.3, 0.4) is 0 Å². The van der Waals surface area contributed by atoms with Gasteiger partial charge in [-0.05, 0) is 12.8 Å². The number of esters is 1. The third-order valence-corrected chi connectivity index (χ3v) is 11.0. The van der Waals surface area contributed by atoms with E-state index in [0.29, 0.717) is 13.0 Å². The second-order valence-electron chi connectivity index (χ2n) is 15.3. The van der Waals surface area contributed by atoms with Gasteiger partial charge in [0.1, 0.15) is 37.1 Å². The molecule has 0 bridgehead atoms. The van der Waals surface area contributed by atoms with Gasteiger partial charge in [0, 0.05) is 13.0 Å². The third kappa shape index (κ3) is 26.9. The molecule has 1 aliphatic heterocycles. The zero-order valence-electron chi connectivity index (χ0n) is 34.1. The lowest BCUT2D eigenvalue weighted by molar-refractivity contribution is -0.278. The number of hydrogen-bond donors (Lipinski definition) is 4. The van der Waals surface area contributed by atoms with Gasteiger partial charge >= 0.3 is 16.4 Å². The minimum absolute atomic E-state index is 0.0711. The lowest BCUT2D eigenvalue weighted by Gasteiger charge is -2.38. The molecule has 6 atom stereocenters. The zero-order chi connectivity index (χ0) is 39.7. The van der Waals surface area contributed by atoms with E-state index in [1.807, 2.05) is 0 Å². The molecular formula is C41H80O12S. The maximum atomic E-state index is 12.7. The Morgan fingerprint density at radius 1 is 0.593 bits per heavy atom. The smallest absolute Gasteiger partial charge is 0.402 e. The minimum atomic E-state index is -4.83. The van der Waals surface area contributed by atoms with Crippen LogP contribution in [0.1, 0.15) is 194 Å². The second kappa shape index (κ2) is 34.2. The van der Waals surface area contributed by atoms with Crippen molar-refractivity contribution in [3.63, 3.8) is 0 Å². The van der Waals surface area contributed by atoms with Crippen LogP contribution >= 0.6 is 0 Å². The molecule has 0 aromatic carbocycles. The SMILES string of the molecule is CCCCCCCCCCCCCCCCOCC(COS(=O)(=O)O[C@H]1O[C@@H](CO)[C@@H](O)[C@@H](O)[C@@H]1O)OC(=O)CCCCCCCCCCCCCCC. The van der Waals surface area contributed by atoms with E-state index in [1.165, 1.54) is 128 Å². The van der Waals surface area contributed by atoms with Crippen LogP contribution in [-0.2, 0) is 37.8 Å². The first-order valence-electron chi connectivity index (χ1n) is 21.8. The summed E-state index contributed by atoms with van der Waals surface area (Å²) in [4.78, 5) is 12.7. The molecule has 54 heavy (non-hydrogen) atoms. The lowest BCUT2D eigenvalue weighted by Crippen LogP contribution is -2.59. The molecular weight excluding hydrogens is 717 g/mol. The fourth-order valence-corrected chi connectivity index (χ4v) is 7.48. The molecule has 1 rings (SSSR count). The van der Waals surface area contributed by atoms with Crippen LogP contribution in [-0.4, -0.2) is 98.1 Å². The molecule has 1 fully saturated rings. The molecule has 13 heteroatoms. The first-order chi connectivity index (χ1) is 26.1. The molecule has 1 aliphatic rings. The number of ether oxygens (including phenoxy) is 3. The van der Waals surface area contributed by atoms with Crippen molar-refractivity contribution in [1.82, 2.24) is 0 Å². The maximum Gasteiger partial charge on any atom is 0.402 e. The van der Waals surface area contributed by atoms with E-state index >= 15 is 0 Å². The number of unbranched alkanes of at least 4 members (excludes halogenated alkanes) is 25. The van der Waals surface area contributed by atoms with Crippen LogP contribution in [0.25, 0.3) is 0 Å². The summed E-state index contributed by atoms with van der Waals surface area (Å²) in [5.41, 5.74) is 0. The van der Waals surface area contributed by atoms with Crippen molar-refractivity contribution in [1.29, 1.82) is 0 Å². The molecule has 322 valence electrons. The Bertz CT molecular complexity index is 966. The van der Waals surface area contributed by atoms with Crippen molar-refractivity contribution in [3.05, 3.63) is 0 Å². The van der Waals surface area contributed by atoms with E-state index in [1.54, 1.807) is 0 Å². The average molecular weight is 797 g/mol. The quantitative estimate of drug-likeness (QED) is 0.0351. The predicted molar refractivity (Wildman–Crippen MR) is 211 cm³/mol. The van der Waals surface area contributed by atoms with Gasteiger partial charge in [0.25, 0.3) is 0 Å². The van der Waals surface area contributed by atoms with Gasteiger partial charge in [-0.2, -0.15) is 8.42 Å². The lowest BCUT2D eigenvalue weighted by atomic mass is 10.00. The van der Waals surface area contributed by atoms with E-state index < -0.39 is 66.4 Å². The minimum Gasteiger partial charge on any atom is -0.457 e. The van der Waals surface area contributed by atoms with Crippen LogP contribution in [0, 0.1) is 0 Å². The largest absolute Gasteiger partial charge is 0.457 e. The first-order valence-corrected chi connectivity index (χ1v) is 23.1. The van der Waals surface area contributed by atoms with E-state index in [9.17, 15) is 33.6 Å². The summed E-state index contributed by atoms with van der Waals surface area (Å²) < 4.78 is 51.5. The van der Waals surface area contributed by atoms with Gasteiger partial charge in [0.05, 0.1) is 13.2 Å². The average Bonchev–Trinajstić information content (AvgIpc) is 3.15. The molecule has 0 aromatic rings. The normalized spacial score (nSPS) is 21.0. The molecule has 0 spiro atoms. The van der Waals surface area contributed by atoms with Crippen LogP contribution < -0.4 is 0 Å². The zero-order valence-corrected chi connectivity index (χ0v) is 34.9. The van der Waals surface area contributed by atoms with Gasteiger partial charge in [-0.15, -0.1) is 0 Å². The Morgan fingerprint density at radius 2 is 1.02 bits per heavy atom. The summed E-state index contributed by atoms with van der Waals surface area (Å²) in [7, 11) is -4.83. The van der Waals surface area contributed by atoms with E-state index in [-0.39, 0.29) is 13.0 Å². The Kier molecular flexibility index (Phi) is 32.3. The number of aliphatic hydroxyl groups is 4. The summed E-state index contributed by atoms with van der Waals surface area (Å²) >= 11 is 0. The van der Waals surface area contributed by atoms with Gasteiger partial charge in [-0.1, -0.05) is 174 Å². The van der Waals surface area contributed by atoms with Crippen molar-refractivity contribution in [3.8, 4) is 0 Å². The van der Waals surface area contributed by atoms with E-state index in [4.69, 9.17) is 22.6 Å². The van der Waals surface area contributed by atoms with E-state index in [0.717, 1.165) is 38.5 Å². The molecule has 1 unspecified atom stereocenters. The first kappa shape index (κ1) is 51.1. The van der Waals surface area contributed by atoms with Crippen molar-refractivity contribution in [2.24, 2.45) is 0 Å². The third-order valence-electron chi connectivity index (χ3n) is 10.2. The molecule has 0 radical (unpaired) electrons. The van der Waals surface area contributed by atoms with Crippen molar-refractivity contribution < 1.29 is 56.2 Å². The fourth-order valence-electron chi connectivity index (χ4n) is 6.71. The Hall–Kier alpha value is -0.900. The molecule has 0 saturated carbocycles. The molecule has 1 saturated heterocycles. The predicted octanol–water partition coefficient (Wildman–Crippen LogP) is 7.96. The van der Waals surface area contributed by atoms with E-state index in [2.05, 4.69) is 13.8 Å². The number of hydrogen-bond acceptors (Lipinski definition) is 12. The van der Waals surface area contributed by atoms with Crippen LogP contribution in [0.2, 0.25) is 0 Å². The molecule has 4 N–H and O–H groups in total.